The van der Waals surface area contributed by atoms with Gasteiger partial charge < -0.3 is 9.32 Å². The minimum Gasteiger partial charge on any atom is -0.463 e. The summed E-state index contributed by atoms with van der Waals surface area (Å²) in [6.07, 6.45) is 4.92. The third kappa shape index (κ3) is 4.77. The van der Waals surface area contributed by atoms with Gasteiger partial charge in [-0.15, -0.1) is 0 Å². The number of amides is 1. The van der Waals surface area contributed by atoms with E-state index in [1.54, 1.807) is 42.7 Å². The van der Waals surface area contributed by atoms with Crippen molar-refractivity contribution in [1.29, 1.82) is 5.26 Å². The van der Waals surface area contributed by atoms with Crippen molar-refractivity contribution in [3.05, 3.63) is 94.6 Å². The van der Waals surface area contributed by atoms with Crippen LogP contribution in [0.3, 0.4) is 0 Å². The fraction of sp³-hybridized carbons (Fsp3) is 0.130. The van der Waals surface area contributed by atoms with E-state index in [9.17, 15) is 14.9 Å². The summed E-state index contributed by atoms with van der Waals surface area (Å²) in [6.45, 7) is 0.436. The lowest BCUT2D eigenvalue weighted by Gasteiger charge is -2.22. The van der Waals surface area contributed by atoms with Gasteiger partial charge in [0.15, 0.2) is 5.76 Å². The monoisotopic (exact) mass is 442 g/mol. The SMILES string of the molecule is N#CCCN(Cc1cccnc1)C(=O)c1cc(-c2ccco2)nn1-c1cccc([N+](=O)[O-])c1. The predicted octanol–water partition coefficient (Wildman–Crippen LogP) is 3.99. The molecular formula is C23H18N6O4. The maximum atomic E-state index is 13.6. The summed E-state index contributed by atoms with van der Waals surface area (Å²) < 4.78 is 6.78. The molecule has 3 heterocycles. The van der Waals surface area contributed by atoms with Crippen LogP contribution in [0.1, 0.15) is 22.5 Å². The Bertz CT molecular complexity index is 1310. The number of carbonyl (C=O) groups excluding carboxylic acids is 1. The molecule has 10 heteroatoms. The summed E-state index contributed by atoms with van der Waals surface area (Å²) >= 11 is 0. The third-order valence-corrected chi connectivity index (χ3v) is 4.86. The fourth-order valence-corrected chi connectivity index (χ4v) is 3.32. The second-order valence-corrected chi connectivity index (χ2v) is 7.08. The highest BCUT2D eigenvalue weighted by molar-refractivity contribution is 5.94. The zero-order valence-electron chi connectivity index (χ0n) is 17.4. The first-order valence-electron chi connectivity index (χ1n) is 10.0. The lowest BCUT2D eigenvalue weighted by Crippen LogP contribution is -2.33. The molecule has 0 atom stereocenters. The lowest BCUT2D eigenvalue weighted by molar-refractivity contribution is -0.384. The number of nitro benzene ring substituents is 1. The third-order valence-electron chi connectivity index (χ3n) is 4.86. The van der Waals surface area contributed by atoms with E-state index in [4.69, 9.17) is 9.68 Å². The van der Waals surface area contributed by atoms with Crippen LogP contribution in [0.5, 0.6) is 0 Å². The van der Waals surface area contributed by atoms with Crippen LogP contribution in [0.2, 0.25) is 0 Å². The molecule has 0 aliphatic rings. The average molecular weight is 442 g/mol. The molecule has 0 N–H and O–H groups in total. The first-order valence-corrected chi connectivity index (χ1v) is 10.0. The highest BCUT2D eigenvalue weighted by Crippen LogP contribution is 2.25. The molecule has 0 radical (unpaired) electrons. The molecule has 3 aromatic heterocycles. The molecule has 0 aliphatic heterocycles. The average Bonchev–Trinajstić information content (AvgIpc) is 3.52. The van der Waals surface area contributed by atoms with Crippen molar-refractivity contribution in [3.8, 4) is 23.2 Å². The predicted molar refractivity (Wildman–Crippen MR) is 117 cm³/mol. The maximum Gasteiger partial charge on any atom is 0.272 e. The number of rotatable bonds is 8. The van der Waals surface area contributed by atoms with Crippen molar-refractivity contribution >= 4 is 11.6 Å². The van der Waals surface area contributed by atoms with Gasteiger partial charge in [-0.2, -0.15) is 10.4 Å². The van der Waals surface area contributed by atoms with Crippen molar-refractivity contribution in [2.45, 2.75) is 13.0 Å². The zero-order valence-corrected chi connectivity index (χ0v) is 17.4. The molecule has 1 amide bonds. The van der Waals surface area contributed by atoms with Crippen molar-refractivity contribution in [3.63, 3.8) is 0 Å². The van der Waals surface area contributed by atoms with Gasteiger partial charge in [-0.05, 0) is 29.8 Å². The number of nitrogens with zero attached hydrogens (tertiary/aromatic N) is 6. The molecule has 0 saturated carbocycles. The fourth-order valence-electron chi connectivity index (χ4n) is 3.32. The highest BCUT2D eigenvalue weighted by Gasteiger charge is 2.24. The van der Waals surface area contributed by atoms with Crippen LogP contribution in [0.25, 0.3) is 17.1 Å². The summed E-state index contributed by atoms with van der Waals surface area (Å²) in [4.78, 5) is 30.0. The van der Waals surface area contributed by atoms with E-state index >= 15 is 0 Å². The van der Waals surface area contributed by atoms with Gasteiger partial charge in [0.1, 0.15) is 11.4 Å². The van der Waals surface area contributed by atoms with E-state index in [2.05, 4.69) is 16.2 Å². The van der Waals surface area contributed by atoms with Crippen LogP contribution in [-0.2, 0) is 6.54 Å². The molecule has 0 spiro atoms. The molecule has 0 unspecified atom stereocenters. The van der Waals surface area contributed by atoms with Gasteiger partial charge in [0.05, 0.1) is 29.4 Å². The molecule has 0 aliphatic carbocycles. The molecule has 33 heavy (non-hydrogen) atoms. The molecule has 0 saturated heterocycles. The summed E-state index contributed by atoms with van der Waals surface area (Å²) in [6, 6.07) is 16.5. The van der Waals surface area contributed by atoms with Crippen molar-refractivity contribution in [2.24, 2.45) is 0 Å². The highest BCUT2D eigenvalue weighted by atomic mass is 16.6. The topological polar surface area (TPSA) is 131 Å². The Balaban J connectivity index is 1.78. The van der Waals surface area contributed by atoms with Crippen LogP contribution in [-0.4, -0.2) is 37.0 Å². The zero-order chi connectivity index (χ0) is 23.2. The summed E-state index contributed by atoms with van der Waals surface area (Å²) in [7, 11) is 0. The first-order chi connectivity index (χ1) is 16.1. The first kappa shape index (κ1) is 21.5. The standard InChI is InChI=1S/C23H18N6O4/c24-9-4-11-27(16-17-5-2-10-25-15-17)23(30)21-14-20(22-8-3-12-33-22)26-28(21)18-6-1-7-19(13-18)29(31)32/h1-3,5-8,10,12-15H,4,11,16H2. The second-order valence-electron chi connectivity index (χ2n) is 7.08. The Morgan fingerprint density at radius 3 is 2.79 bits per heavy atom. The van der Waals surface area contributed by atoms with Crippen LogP contribution < -0.4 is 0 Å². The molecule has 164 valence electrons. The minimum atomic E-state index is -0.510. The van der Waals surface area contributed by atoms with Crippen LogP contribution in [0.15, 0.2) is 77.7 Å². The maximum absolute atomic E-state index is 13.6. The van der Waals surface area contributed by atoms with Gasteiger partial charge in [-0.1, -0.05) is 12.1 Å². The quantitative estimate of drug-likeness (QED) is 0.298. The number of pyridine rings is 1. The van der Waals surface area contributed by atoms with Crippen molar-refractivity contribution in [1.82, 2.24) is 19.7 Å². The number of non-ortho nitro benzene ring substituents is 1. The Hall–Kier alpha value is -4.78. The van der Waals surface area contributed by atoms with Crippen molar-refractivity contribution in [2.75, 3.05) is 6.54 Å². The largest absolute Gasteiger partial charge is 0.463 e. The van der Waals surface area contributed by atoms with Crippen molar-refractivity contribution < 1.29 is 14.1 Å². The Morgan fingerprint density at radius 2 is 2.09 bits per heavy atom. The van der Waals surface area contributed by atoms with Crippen LogP contribution in [0.4, 0.5) is 5.69 Å². The van der Waals surface area contributed by atoms with E-state index in [1.807, 2.05) is 6.07 Å². The summed E-state index contributed by atoms with van der Waals surface area (Å²) in [5.41, 5.74) is 1.61. The Kier molecular flexibility index (Phi) is 6.22. The molecule has 4 aromatic rings. The number of benzene rings is 1. The normalized spacial score (nSPS) is 10.5. The number of furan rings is 1. The number of hydrogen-bond donors (Lipinski definition) is 0. The number of aromatic nitrogens is 3. The molecular weight excluding hydrogens is 424 g/mol. The molecule has 1 aromatic carbocycles. The summed E-state index contributed by atoms with van der Waals surface area (Å²) in [5, 5.41) is 24.8. The van der Waals surface area contributed by atoms with Crippen LogP contribution >= 0.6 is 0 Å². The van der Waals surface area contributed by atoms with Gasteiger partial charge in [0.2, 0.25) is 0 Å². The second kappa shape index (κ2) is 9.57. The van der Waals surface area contributed by atoms with E-state index in [-0.39, 0.29) is 36.8 Å². The van der Waals surface area contributed by atoms with Gasteiger partial charge in [-0.3, -0.25) is 19.9 Å². The molecule has 0 bridgehead atoms. The smallest absolute Gasteiger partial charge is 0.272 e. The Labute approximate surface area is 188 Å². The minimum absolute atomic E-state index is 0.127. The van der Waals surface area contributed by atoms with Crippen LogP contribution in [0, 0.1) is 21.4 Å². The van der Waals surface area contributed by atoms with Gasteiger partial charge in [0.25, 0.3) is 11.6 Å². The van der Waals surface area contributed by atoms with Gasteiger partial charge >= 0.3 is 0 Å². The van der Waals surface area contributed by atoms with Gasteiger partial charge in [0, 0.05) is 43.7 Å². The Morgan fingerprint density at radius 1 is 1.21 bits per heavy atom. The molecule has 10 nitrogen and oxygen atoms in total. The van der Waals surface area contributed by atoms with E-state index in [0.29, 0.717) is 17.1 Å². The van der Waals surface area contributed by atoms with E-state index in [0.717, 1.165) is 5.56 Å². The van der Waals surface area contributed by atoms with Gasteiger partial charge in [-0.25, -0.2) is 4.68 Å². The van der Waals surface area contributed by atoms with E-state index < -0.39 is 4.92 Å². The number of nitro groups is 1. The number of carbonyl (C=O) groups is 1. The number of hydrogen-bond acceptors (Lipinski definition) is 7. The van der Waals surface area contributed by atoms with E-state index in [1.165, 1.54) is 34.0 Å². The lowest BCUT2D eigenvalue weighted by atomic mass is 10.2. The summed E-state index contributed by atoms with van der Waals surface area (Å²) in [5.74, 6) is 0.0648. The number of nitriles is 1. The molecule has 0 fully saturated rings. The molecule has 4 rings (SSSR count).